The minimum Gasteiger partial charge on any atom is -0.396 e. The number of halogens is 1. The molecule has 0 aromatic carbocycles. The number of nitrogens with zero attached hydrogens (tertiary/aromatic N) is 1. The molecule has 0 amide bonds. The maximum Gasteiger partial charge on any atom is 0.0510 e. The Morgan fingerprint density at radius 1 is 1.56 bits per heavy atom. The van der Waals surface area contributed by atoms with E-state index >= 15 is 0 Å². The van der Waals surface area contributed by atoms with E-state index in [2.05, 4.69) is 39.3 Å². The summed E-state index contributed by atoms with van der Waals surface area (Å²) >= 11 is 5.24. The average molecular weight is 304 g/mol. The predicted molar refractivity (Wildman–Crippen MR) is 72.1 cm³/mol. The summed E-state index contributed by atoms with van der Waals surface area (Å²) in [6.45, 7) is 2.60. The lowest BCUT2D eigenvalue weighted by Gasteiger charge is -2.33. The molecule has 0 spiro atoms. The molecule has 1 unspecified atom stereocenters. The third kappa shape index (κ3) is 2.86. The summed E-state index contributed by atoms with van der Waals surface area (Å²) in [7, 11) is 2.17. The highest BCUT2D eigenvalue weighted by Gasteiger charge is 2.26. The zero-order valence-electron chi connectivity index (χ0n) is 9.53. The fourth-order valence-corrected chi connectivity index (χ4v) is 4.06. The number of rotatable bonds is 3. The fraction of sp³-hybridized carbons (Fsp3) is 0.667. The fourth-order valence-electron chi connectivity index (χ4n) is 2.42. The van der Waals surface area contributed by atoms with E-state index in [9.17, 15) is 5.11 Å². The van der Waals surface area contributed by atoms with E-state index in [4.69, 9.17) is 0 Å². The van der Waals surface area contributed by atoms with Crippen LogP contribution in [0, 0.1) is 5.92 Å². The zero-order valence-corrected chi connectivity index (χ0v) is 11.9. The standard InChI is InChI=1S/C12H18BrNOS/c1-14-4-2-9(3-5-14)11(7-15)12-6-10(13)8-16-12/h6,8-9,11,15H,2-5,7H2,1H3. The lowest BCUT2D eigenvalue weighted by atomic mass is 9.84. The largest absolute Gasteiger partial charge is 0.396 e. The number of likely N-dealkylation sites (tertiary alicyclic amines) is 1. The molecule has 0 bridgehead atoms. The van der Waals surface area contributed by atoms with Gasteiger partial charge in [-0.3, -0.25) is 0 Å². The van der Waals surface area contributed by atoms with Gasteiger partial charge in [0.2, 0.25) is 0 Å². The molecule has 1 fully saturated rings. The second-order valence-corrected chi connectivity index (χ2v) is 6.46. The van der Waals surface area contributed by atoms with Crippen molar-refractivity contribution in [2.24, 2.45) is 5.92 Å². The lowest BCUT2D eigenvalue weighted by Crippen LogP contribution is -2.33. The van der Waals surface area contributed by atoms with Gasteiger partial charge in [0.25, 0.3) is 0 Å². The molecule has 2 rings (SSSR count). The van der Waals surface area contributed by atoms with Gasteiger partial charge in [-0.2, -0.15) is 0 Å². The van der Waals surface area contributed by atoms with Crippen LogP contribution in [0.3, 0.4) is 0 Å². The van der Waals surface area contributed by atoms with Crippen molar-refractivity contribution >= 4 is 27.3 Å². The van der Waals surface area contributed by atoms with Crippen LogP contribution in [0.25, 0.3) is 0 Å². The van der Waals surface area contributed by atoms with Crippen LogP contribution < -0.4 is 0 Å². The molecule has 1 N–H and O–H groups in total. The minimum atomic E-state index is 0.279. The van der Waals surface area contributed by atoms with Crippen molar-refractivity contribution in [3.8, 4) is 0 Å². The second-order valence-electron chi connectivity index (χ2n) is 4.60. The molecule has 0 saturated carbocycles. The summed E-state index contributed by atoms with van der Waals surface area (Å²) in [6.07, 6.45) is 2.41. The highest BCUT2D eigenvalue weighted by atomic mass is 79.9. The van der Waals surface area contributed by atoms with Crippen molar-refractivity contribution in [1.29, 1.82) is 0 Å². The molecule has 4 heteroatoms. The molecule has 1 atom stereocenters. The van der Waals surface area contributed by atoms with Crippen molar-refractivity contribution in [3.05, 3.63) is 20.8 Å². The second kappa shape index (κ2) is 5.63. The summed E-state index contributed by atoms with van der Waals surface area (Å²) in [5.74, 6) is 0.983. The summed E-state index contributed by atoms with van der Waals surface area (Å²) in [4.78, 5) is 3.69. The normalized spacial score (nSPS) is 21.2. The zero-order chi connectivity index (χ0) is 11.5. The Kier molecular flexibility index (Phi) is 4.41. The Morgan fingerprint density at radius 3 is 2.75 bits per heavy atom. The number of hydrogen-bond donors (Lipinski definition) is 1. The van der Waals surface area contributed by atoms with Gasteiger partial charge >= 0.3 is 0 Å². The first-order valence-corrected chi connectivity index (χ1v) is 7.41. The van der Waals surface area contributed by atoms with Gasteiger partial charge in [0.15, 0.2) is 0 Å². The number of aliphatic hydroxyl groups is 1. The lowest BCUT2D eigenvalue weighted by molar-refractivity contribution is 0.158. The van der Waals surface area contributed by atoms with Crippen LogP contribution >= 0.6 is 27.3 Å². The summed E-state index contributed by atoms with van der Waals surface area (Å²) in [5, 5.41) is 11.7. The summed E-state index contributed by atoms with van der Waals surface area (Å²) in [5.41, 5.74) is 0. The number of thiophene rings is 1. The molecule has 0 aliphatic carbocycles. The smallest absolute Gasteiger partial charge is 0.0510 e. The van der Waals surface area contributed by atoms with Gasteiger partial charge in [0.1, 0.15) is 0 Å². The van der Waals surface area contributed by atoms with E-state index in [-0.39, 0.29) is 6.61 Å². The molecular formula is C12H18BrNOS. The van der Waals surface area contributed by atoms with Gasteiger partial charge < -0.3 is 10.0 Å². The molecule has 2 nitrogen and oxygen atoms in total. The van der Waals surface area contributed by atoms with Crippen molar-refractivity contribution in [2.75, 3.05) is 26.7 Å². The number of hydrogen-bond acceptors (Lipinski definition) is 3. The molecule has 2 heterocycles. The Labute approximate surface area is 109 Å². The third-order valence-electron chi connectivity index (χ3n) is 3.48. The van der Waals surface area contributed by atoms with E-state index in [1.165, 1.54) is 17.7 Å². The quantitative estimate of drug-likeness (QED) is 0.928. The molecule has 1 aliphatic heterocycles. The Bertz CT molecular complexity index is 334. The molecular weight excluding hydrogens is 286 g/mol. The van der Waals surface area contributed by atoms with Gasteiger partial charge in [0.05, 0.1) is 6.61 Å². The van der Waals surface area contributed by atoms with Crippen LogP contribution in [0.4, 0.5) is 0 Å². The van der Waals surface area contributed by atoms with Crippen molar-refractivity contribution < 1.29 is 5.11 Å². The number of aliphatic hydroxyl groups excluding tert-OH is 1. The van der Waals surface area contributed by atoms with Gasteiger partial charge in [0, 0.05) is 20.6 Å². The van der Waals surface area contributed by atoms with Crippen LogP contribution in [-0.2, 0) is 0 Å². The Hall–Kier alpha value is 0.1000. The molecule has 1 saturated heterocycles. The highest BCUT2D eigenvalue weighted by molar-refractivity contribution is 9.10. The Balaban J connectivity index is 2.05. The van der Waals surface area contributed by atoms with E-state index in [0.29, 0.717) is 11.8 Å². The predicted octanol–water partition coefficient (Wildman–Crippen LogP) is 2.93. The molecule has 1 aromatic rings. The number of piperidine rings is 1. The molecule has 90 valence electrons. The van der Waals surface area contributed by atoms with Gasteiger partial charge in [-0.15, -0.1) is 11.3 Å². The minimum absolute atomic E-state index is 0.279. The maximum atomic E-state index is 9.58. The molecule has 16 heavy (non-hydrogen) atoms. The van der Waals surface area contributed by atoms with Gasteiger partial charge in [-0.25, -0.2) is 0 Å². The van der Waals surface area contributed by atoms with Crippen molar-refractivity contribution in [3.63, 3.8) is 0 Å². The monoisotopic (exact) mass is 303 g/mol. The van der Waals surface area contributed by atoms with E-state index in [1.807, 2.05) is 0 Å². The maximum absolute atomic E-state index is 9.58. The van der Waals surface area contributed by atoms with Gasteiger partial charge in [-0.1, -0.05) is 0 Å². The van der Waals surface area contributed by atoms with Crippen LogP contribution in [0.5, 0.6) is 0 Å². The van der Waals surface area contributed by atoms with Gasteiger partial charge in [-0.05, 0) is 60.9 Å². The van der Waals surface area contributed by atoms with E-state index in [1.54, 1.807) is 11.3 Å². The summed E-state index contributed by atoms with van der Waals surface area (Å²) < 4.78 is 1.14. The topological polar surface area (TPSA) is 23.5 Å². The molecule has 1 aromatic heterocycles. The molecule has 0 radical (unpaired) electrons. The van der Waals surface area contributed by atoms with Crippen LogP contribution in [0.2, 0.25) is 0 Å². The molecule has 1 aliphatic rings. The first kappa shape index (κ1) is 12.6. The third-order valence-corrected chi connectivity index (χ3v) is 5.31. The summed E-state index contributed by atoms with van der Waals surface area (Å²) in [6, 6.07) is 2.16. The average Bonchev–Trinajstić information content (AvgIpc) is 2.69. The van der Waals surface area contributed by atoms with E-state index < -0.39 is 0 Å². The first-order valence-electron chi connectivity index (χ1n) is 5.74. The van der Waals surface area contributed by atoms with Crippen molar-refractivity contribution in [1.82, 2.24) is 4.90 Å². The van der Waals surface area contributed by atoms with Crippen LogP contribution in [0.1, 0.15) is 23.6 Å². The van der Waals surface area contributed by atoms with Crippen LogP contribution in [0.15, 0.2) is 15.9 Å². The SMILES string of the molecule is CN1CCC(C(CO)c2cc(Br)cs2)CC1. The highest BCUT2D eigenvalue weighted by Crippen LogP contribution is 2.36. The Morgan fingerprint density at radius 2 is 2.25 bits per heavy atom. The van der Waals surface area contributed by atoms with Crippen LogP contribution in [-0.4, -0.2) is 36.8 Å². The first-order chi connectivity index (χ1) is 7.70. The van der Waals surface area contributed by atoms with E-state index in [0.717, 1.165) is 17.6 Å². The van der Waals surface area contributed by atoms with Crippen molar-refractivity contribution in [2.45, 2.75) is 18.8 Å².